The average molecular weight is 603 g/mol. The molecule has 0 aromatic heterocycles. The molecule has 2 fully saturated rings. The Labute approximate surface area is 263 Å². The van der Waals surface area contributed by atoms with Gasteiger partial charge >= 0.3 is 0 Å². The minimum Gasteiger partial charge on any atom is -0.504 e. The van der Waals surface area contributed by atoms with Crippen molar-refractivity contribution in [3.8, 4) is 11.5 Å². The van der Waals surface area contributed by atoms with Crippen molar-refractivity contribution in [2.24, 2.45) is 28.1 Å². The van der Waals surface area contributed by atoms with Crippen LogP contribution in [0.3, 0.4) is 0 Å². The van der Waals surface area contributed by atoms with E-state index in [0.29, 0.717) is 19.3 Å². The quantitative estimate of drug-likeness (QED) is 0.114. The zero-order chi connectivity index (χ0) is 33.2. The van der Waals surface area contributed by atoms with E-state index in [1.54, 1.807) is 0 Å². The van der Waals surface area contributed by atoms with Gasteiger partial charge in [0.15, 0.2) is 34.6 Å². The smallest absolute Gasteiger partial charge is 0.181 e. The van der Waals surface area contributed by atoms with Crippen molar-refractivity contribution in [1.29, 1.82) is 0 Å². The van der Waals surface area contributed by atoms with Gasteiger partial charge in [-0.05, 0) is 123 Å². The van der Waals surface area contributed by atoms with E-state index in [2.05, 4.69) is 12.2 Å². The van der Waals surface area contributed by atoms with Crippen LogP contribution in [-0.4, -0.2) is 33.3 Å². The lowest BCUT2D eigenvalue weighted by Crippen LogP contribution is -2.72. The highest BCUT2D eigenvalue weighted by Gasteiger charge is 2.75. The number of phenolic OH excluding ortho intramolecular Hbond substituents is 2. The van der Waals surface area contributed by atoms with Gasteiger partial charge in [-0.15, -0.1) is 0 Å². The number of hydrogen-bond acceptors (Lipinski definition) is 6. The molecule has 3 rings (SSSR count). The monoisotopic (exact) mass is 602 g/mol. The van der Waals surface area contributed by atoms with Crippen molar-refractivity contribution in [2.75, 3.05) is 0 Å². The lowest BCUT2D eigenvalue weighted by molar-refractivity contribution is -0.185. The van der Waals surface area contributed by atoms with E-state index in [-0.39, 0.29) is 36.5 Å². The van der Waals surface area contributed by atoms with Crippen molar-refractivity contribution in [2.45, 2.75) is 101 Å². The fraction of sp³-hybridized carbons (Fsp3) is 0.526. The van der Waals surface area contributed by atoms with Crippen LogP contribution in [-0.2, 0) is 14.4 Å². The first kappa shape index (κ1) is 34.9. The van der Waals surface area contributed by atoms with E-state index >= 15 is 9.59 Å². The van der Waals surface area contributed by atoms with Crippen LogP contribution in [0.1, 0.15) is 111 Å². The Kier molecular flexibility index (Phi) is 10.5. The third-order valence-corrected chi connectivity index (χ3v) is 9.93. The number of carbonyl (C=O) groups excluding carboxylic acids is 4. The van der Waals surface area contributed by atoms with Crippen molar-refractivity contribution in [3.05, 3.63) is 70.4 Å². The van der Waals surface area contributed by atoms with E-state index in [1.807, 2.05) is 74.5 Å². The van der Waals surface area contributed by atoms with Crippen molar-refractivity contribution < 1.29 is 29.4 Å². The molecule has 2 saturated carbocycles. The summed E-state index contributed by atoms with van der Waals surface area (Å²) in [6.45, 7) is 17.8. The molecule has 0 spiro atoms. The highest BCUT2D eigenvalue weighted by molar-refractivity contribution is 6.38. The molecule has 6 heteroatoms. The summed E-state index contributed by atoms with van der Waals surface area (Å²) in [5.74, 6) is -5.20. The molecule has 0 radical (unpaired) electrons. The summed E-state index contributed by atoms with van der Waals surface area (Å²) in [5.41, 5.74) is 0.0761. The van der Waals surface area contributed by atoms with Gasteiger partial charge in [0.2, 0.25) is 0 Å². The van der Waals surface area contributed by atoms with Crippen molar-refractivity contribution in [3.63, 3.8) is 0 Å². The van der Waals surface area contributed by atoms with Gasteiger partial charge < -0.3 is 10.2 Å². The van der Waals surface area contributed by atoms with E-state index in [1.165, 1.54) is 12.1 Å². The van der Waals surface area contributed by atoms with Crippen LogP contribution in [0.2, 0.25) is 0 Å². The second-order valence-electron chi connectivity index (χ2n) is 14.2. The van der Waals surface area contributed by atoms with Crippen LogP contribution >= 0.6 is 0 Å². The number of benzene rings is 1. The highest BCUT2D eigenvalue weighted by Crippen LogP contribution is 2.67. The SMILES string of the molecule is CC(C)=CCCC1(C)C(CC=C(C)C)CC2(CC=C(C)C)C(=O)C(C(=O)c3ccc(O)c(O)c3)C(=O)C1(CC=C(C)C)C2=O. The standard InChI is InChI=1S/C38H50O6/c1-23(2)11-10-18-36(9)28(14-12-24(3)4)22-37(19-16-25(5)6)33(42)31(32(41)27-13-15-29(39)30(40)21-27)34(43)38(36,35(37)44)20-17-26(7)8/h11-13,15-17,21,28,31,39-40H,10,14,18-20,22H2,1-9H3. The molecule has 2 N–H and O–H groups in total. The Balaban J connectivity index is 2.43. The summed E-state index contributed by atoms with van der Waals surface area (Å²) in [7, 11) is 0. The molecule has 5 unspecified atom stereocenters. The molecule has 0 amide bonds. The summed E-state index contributed by atoms with van der Waals surface area (Å²) < 4.78 is 0. The molecular weight excluding hydrogens is 552 g/mol. The van der Waals surface area contributed by atoms with Crippen LogP contribution in [0.25, 0.3) is 0 Å². The Bertz CT molecular complexity index is 1460. The lowest BCUT2D eigenvalue weighted by Gasteiger charge is -2.62. The minimum atomic E-state index is -1.69. The van der Waals surface area contributed by atoms with Gasteiger partial charge in [-0.1, -0.05) is 53.5 Å². The second-order valence-corrected chi connectivity index (χ2v) is 14.2. The first-order valence-corrected chi connectivity index (χ1v) is 15.7. The average Bonchev–Trinajstić information content (AvgIpc) is 2.92. The van der Waals surface area contributed by atoms with Gasteiger partial charge in [0.05, 0.1) is 10.8 Å². The third kappa shape index (κ3) is 6.18. The fourth-order valence-corrected chi connectivity index (χ4v) is 7.32. The zero-order valence-corrected chi connectivity index (χ0v) is 28.0. The number of hydrogen-bond donors (Lipinski definition) is 2. The molecule has 0 aliphatic heterocycles. The maximum absolute atomic E-state index is 15.2. The van der Waals surface area contributed by atoms with Crippen molar-refractivity contribution in [1.82, 2.24) is 0 Å². The molecule has 5 atom stereocenters. The van der Waals surface area contributed by atoms with Gasteiger partial charge in [0.25, 0.3) is 0 Å². The maximum atomic E-state index is 15.2. The summed E-state index contributed by atoms with van der Waals surface area (Å²) in [6.07, 6.45) is 10.3. The van der Waals surface area contributed by atoms with E-state index in [9.17, 15) is 19.8 Å². The Morgan fingerprint density at radius 3 is 1.91 bits per heavy atom. The molecule has 2 bridgehead atoms. The molecule has 6 nitrogen and oxygen atoms in total. The summed E-state index contributed by atoms with van der Waals surface area (Å²) >= 11 is 0. The van der Waals surface area contributed by atoms with E-state index in [4.69, 9.17) is 0 Å². The normalized spacial score (nSPS) is 27.8. The van der Waals surface area contributed by atoms with Crippen LogP contribution in [0, 0.1) is 28.1 Å². The number of rotatable bonds is 11. The zero-order valence-electron chi connectivity index (χ0n) is 28.0. The molecule has 2 aliphatic rings. The molecule has 238 valence electrons. The summed E-state index contributed by atoms with van der Waals surface area (Å²) in [6, 6.07) is 3.56. The van der Waals surface area contributed by atoms with Crippen LogP contribution in [0.5, 0.6) is 11.5 Å². The number of fused-ring (bicyclic) bond motifs is 2. The molecule has 0 heterocycles. The predicted molar refractivity (Wildman–Crippen MR) is 175 cm³/mol. The third-order valence-electron chi connectivity index (χ3n) is 9.93. The molecule has 44 heavy (non-hydrogen) atoms. The molecule has 0 saturated heterocycles. The maximum Gasteiger partial charge on any atom is 0.181 e. The van der Waals surface area contributed by atoms with Crippen LogP contribution < -0.4 is 0 Å². The van der Waals surface area contributed by atoms with E-state index < -0.39 is 51.0 Å². The minimum absolute atomic E-state index is 0.0542. The van der Waals surface area contributed by atoms with Gasteiger partial charge in [-0.3, -0.25) is 19.2 Å². The summed E-state index contributed by atoms with van der Waals surface area (Å²) in [4.78, 5) is 59.2. The van der Waals surface area contributed by atoms with E-state index in [0.717, 1.165) is 28.4 Å². The molecule has 2 aliphatic carbocycles. The largest absolute Gasteiger partial charge is 0.504 e. The number of phenols is 2. The van der Waals surface area contributed by atoms with Crippen molar-refractivity contribution >= 4 is 23.1 Å². The number of aromatic hydroxyl groups is 2. The molecule has 1 aromatic carbocycles. The second kappa shape index (κ2) is 13.2. The van der Waals surface area contributed by atoms with Gasteiger partial charge in [-0.2, -0.15) is 0 Å². The summed E-state index contributed by atoms with van der Waals surface area (Å²) in [5, 5.41) is 20.1. The Hall–Kier alpha value is -3.54. The number of allylic oxidation sites excluding steroid dienone is 8. The number of ketones is 4. The van der Waals surface area contributed by atoms with Gasteiger partial charge in [-0.25, -0.2) is 0 Å². The number of Topliss-reactive ketones (excluding diaryl/α,β-unsaturated/α-hetero) is 4. The lowest BCUT2D eigenvalue weighted by atomic mass is 9.36. The first-order chi connectivity index (χ1) is 20.4. The number of carbonyl (C=O) groups is 4. The molecule has 1 aromatic rings. The molecular formula is C38H50O6. The van der Waals surface area contributed by atoms with Gasteiger partial charge in [0.1, 0.15) is 5.92 Å². The van der Waals surface area contributed by atoms with Crippen LogP contribution in [0.15, 0.2) is 64.8 Å². The predicted octanol–water partition coefficient (Wildman–Crippen LogP) is 8.43. The fourth-order valence-electron chi connectivity index (χ4n) is 7.32. The van der Waals surface area contributed by atoms with Crippen LogP contribution in [0.4, 0.5) is 0 Å². The van der Waals surface area contributed by atoms with Gasteiger partial charge in [0, 0.05) is 5.56 Å². The Morgan fingerprint density at radius 1 is 0.795 bits per heavy atom. The Morgan fingerprint density at radius 2 is 1.36 bits per heavy atom. The first-order valence-electron chi connectivity index (χ1n) is 15.7. The highest BCUT2D eigenvalue weighted by atomic mass is 16.3. The topological polar surface area (TPSA) is 109 Å².